The molecule has 0 saturated carbocycles. The Morgan fingerprint density at radius 2 is 1.74 bits per heavy atom. The molecule has 0 unspecified atom stereocenters. The number of furan rings is 1. The monoisotopic (exact) mass is 428 g/mol. The summed E-state index contributed by atoms with van der Waals surface area (Å²) in [7, 11) is 0. The van der Waals surface area contributed by atoms with E-state index in [1.807, 2.05) is 0 Å². The molecule has 0 saturated heterocycles. The van der Waals surface area contributed by atoms with Gasteiger partial charge in [-0.15, -0.1) is 0 Å². The summed E-state index contributed by atoms with van der Waals surface area (Å²) >= 11 is 0. The highest BCUT2D eigenvalue weighted by atomic mass is 19.4. The fourth-order valence-electron chi connectivity index (χ4n) is 3.21. The molecule has 2 aromatic heterocycles. The van der Waals surface area contributed by atoms with E-state index in [-0.39, 0.29) is 22.8 Å². The molecule has 158 valence electrons. The zero-order valence-corrected chi connectivity index (χ0v) is 16.4. The second-order valence-electron chi connectivity index (χ2n) is 6.95. The summed E-state index contributed by atoms with van der Waals surface area (Å²) in [6.45, 7) is 3.41. The molecule has 0 spiro atoms. The van der Waals surface area contributed by atoms with Crippen LogP contribution in [0.5, 0.6) is 5.75 Å². The summed E-state index contributed by atoms with van der Waals surface area (Å²) in [5.41, 5.74) is 0.315. The largest absolute Gasteiger partial charge is 0.449 e. The van der Waals surface area contributed by atoms with Crippen LogP contribution in [0.1, 0.15) is 27.2 Å². The van der Waals surface area contributed by atoms with Crippen LogP contribution in [0.3, 0.4) is 0 Å². The number of carbonyl (C=O) groups is 1. The normalized spacial score (nSPS) is 11.6. The molecule has 8 heteroatoms. The summed E-state index contributed by atoms with van der Waals surface area (Å²) in [4.78, 5) is 24.2. The maximum absolute atomic E-state index is 12.9. The first-order valence-electron chi connectivity index (χ1n) is 9.17. The molecule has 4 aromatic rings. The predicted molar refractivity (Wildman–Crippen MR) is 106 cm³/mol. The van der Waals surface area contributed by atoms with E-state index in [0.29, 0.717) is 16.5 Å². The van der Waals surface area contributed by atoms with Gasteiger partial charge in [0.15, 0.2) is 0 Å². The molecule has 2 heterocycles. The summed E-state index contributed by atoms with van der Waals surface area (Å²) in [5, 5.41) is 0.710. The Labute approximate surface area is 173 Å². The Balaban J connectivity index is 1.62. The van der Waals surface area contributed by atoms with Crippen molar-refractivity contribution in [2.24, 2.45) is 0 Å². The standard InChI is InChI=1S/C23H15F3O5/c1-12-10-20(27)31-21-13(2)17(7-6-16(12)21)30-22(28)19-9-8-18(29-19)14-4-3-5-15(11-14)23(24,25)26/h3-11H,1-2H3. The number of benzene rings is 2. The lowest BCUT2D eigenvalue weighted by atomic mass is 10.1. The minimum Gasteiger partial charge on any atom is -0.449 e. The Bertz CT molecular complexity index is 1360. The number of hydrogen-bond donors (Lipinski definition) is 0. The lowest BCUT2D eigenvalue weighted by molar-refractivity contribution is -0.137. The van der Waals surface area contributed by atoms with Crippen LogP contribution >= 0.6 is 0 Å². The molecule has 31 heavy (non-hydrogen) atoms. The van der Waals surface area contributed by atoms with Crippen molar-refractivity contribution in [1.29, 1.82) is 0 Å². The van der Waals surface area contributed by atoms with E-state index >= 15 is 0 Å². The fraction of sp³-hybridized carbons (Fsp3) is 0.130. The summed E-state index contributed by atoms with van der Waals surface area (Å²) in [6, 6.07) is 11.9. The lowest BCUT2D eigenvalue weighted by Crippen LogP contribution is -2.09. The molecule has 0 atom stereocenters. The molecule has 5 nitrogen and oxygen atoms in total. The van der Waals surface area contributed by atoms with E-state index in [4.69, 9.17) is 13.6 Å². The third kappa shape index (κ3) is 3.96. The van der Waals surface area contributed by atoms with Gasteiger partial charge in [-0.05, 0) is 55.8 Å². The van der Waals surface area contributed by atoms with Gasteiger partial charge in [0.1, 0.15) is 17.1 Å². The Kier molecular flexibility index (Phi) is 4.93. The van der Waals surface area contributed by atoms with Crippen molar-refractivity contribution >= 4 is 16.9 Å². The second-order valence-corrected chi connectivity index (χ2v) is 6.95. The van der Waals surface area contributed by atoms with E-state index < -0.39 is 23.3 Å². The molecule has 0 N–H and O–H groups in total. The molecule has 0 radical (unpaired) electrons. The maximum atomic E-state index is 12.9. The summed E-state index contributed by atoms with van der Waals surface area (Å²) in [6.07, 6.45) is -4.49. The third-order valence-corrected chi connectivity index (χ3v) is 4.80. The van der Waals surface area contributed by atoms with Gasteiger partial charge in [0, 0.05) is 22.6 Å². The van der Waals surface area contributed by atoms with Gasteiger partial charge in [0.2, 0.25) is 5.76 Å². The minimum absolute atomic E-state index is 0.0925. The third-order valence-electron chi connectivity index (χ3n) is 4.80. The van der Waals surface area contributed by atoms with Crippen molar-refractivity contribution in [2.75, 3.05) is 0 Å². The molecule has 0 fully saturated rings. The van der Waals surface area contributed by atoms with Gasteiger partial charge in [0.25, 0.3) is 0 Å². The van der Waals surface area contributed by atoms with Crippen molar-refractivity contribution in [1.82, 2.24) is 0 Å². The average molecular weight is 428 g/mol. The second kappa shape index (κ2) is 7.46. The fourth-order valence-corrected chi connectivity index (χ4v) is 3.21. The molecule has 0 aliphatic rings. The van der Waals surface area contributed by atoms with Crippen LogP contribution in [0.4, 0.5) is 13.2 Å². The zero-order valence-electron chi connectivity index (χ0n) is 16.4. The first-order valence-corrected chi connectivity index (χ1v) is 9.17. The van der Waals surface area contributed by atoms with E-state index in [0.717, 1.165) is 17.7 Å². The number of carbonyl (C=O) groups excluding carboxylic acids is 1. The Hall–Kier alpha value is -3.81. The van der Waals surface area contributed by atoms with Crippen molar-refractivity contribution in [3.63, 3.8) is 0 Å². The topological polar surface area (TPSA) is 69.7 Å². The number of alkyl halides is 3. The van der Waals surface area contributed by atoms with Gasteiger partial charge < -0.3 is 13.6 Å². The summed E-state index contributed by atoms with van der Waals surface area (Å²) < 4.78 is 54.8. The van der Waals surface area contributed by atoms with E-state index in [1.165, 1.54) is 30.3 Å². The molecule has 0 bridgehead atoms. The molecule has 0 aliphatic carbocycles. The van der Waals surface area contributed by atoms with Gasteiger partial charge in [-0.1, -0.05) is 12.1 Å². The SMILES string of the molecule is Cc1cc(=O)oc2c(C)c(OC(=O)c3ccc(-c4cccc(C(F)(F)F)c4)o3)ccc12. The van der Waals surface area contributed by atoms with Crippen LogP contribution in [0.25, 0.3) is 22.3 Å². The van der Waals surface area contributed by atoms with Crippen LogP contribution in [-0.2, 0) is 6.18 Å². The highest BCUT2D eigenvalue weighted by Gasteiger charge is 2.30. The van der Waals surface area contributed by atoms with Gasteiger partial charge in [0.05, 0.1) is 5.56 Å². The minimum atomic E-state index is -4.49. The summed E-state index contributed by atoms with van der Waals surface area (Å²) in [5.74, 6) is -0.758. The number of esters is 1. The van der Waals surface area contributed by atoms with E-state index in [2.05, 4.69) is 0 Å². The molecule has 4 rings (SSSR count). The number of aryl methyl sites for hydroxylation is 2. The van der Waals surface area contributed by atoms with Crippen molar-refractivity contribution in [3.05, 3.63) is 87.5 Å². The average Bonchev–Trinajstić information content (AvgIpc) is 3.20. The van der Waals surface area contributed by atoms with Crippen molar-refractivity contribution < 1.29 is 31.5 Å². The van der Waals surface area contributed by atoms with Gasteiger partial charge in [-0.2, -0.15) is 13.2 Å². The molecular formula is C23H15F3O5. The first kappa shape index (κ1) is 20.5. The van der Waals surface area contributed by atoms with Crippen molar-refractivity contribution in [2.45, 2.75) is 20.0 Å². The van der Waals surface area contributed by atoms with Gasteiger partial charge in [-0.3, -0.25) is 0 Å². The van der Waals surface area contributed by atoms with Crippen molar-refractivity contribution in [3.8, 4) is 17.1 Å². The van der Waals surface area contributed by atoms with Crippen LogP contribution in [0.2, 0.25) is 0 Å². The number of rotatable bonds is 3. The predicted octanol–water partition coefficient (Wildman–Crippen LogP) is 5.91. The number of ether oxygens (including phenoxy) is 1. The van der Waals surface area contributed by atoms with Crippen LogP contribution in [0.15, 0.2) is 68.2 Å². The Morgan fingerprint density at radius 3 is 2.48 bits per heavy atom. The molecule has 0 amide bonds. The first-order chi connectivity index (χ1) is 14.6. The zero-order chi connectivity index (χ0) is 22.3. The Morgan fingerprint density at radius 1 is 0.968 bits per heavy atom. The number of fused-ring (bicyclic) bond motifs is 1. The van der Waals surface area contributed by atoms with Crippen LogP contribution < -0.4 is 10.4 Å². The quantitative estimate of drug-likeness (QED) is 0.231. The number of hydrogen-bond acceptors (Lipinski definition) is 5. The maximum Gasteiger partial charge on any atom is 0.416 e. The smallest absolute Gasteiger partial charge is 0.416 e. The number of halogens is 3. The van der Waals surface area contributed by atoms with Gasteiger partial charge in [-0.25, -0.2) is 9.59 Å². The van der Waals surface area contributed by atoms with E-state index in [9.17, 15) is 22.8 Å². The molecule has 2 aromatic carbocycles. The highest BCUT2D eigenvalue weighted by Crippen LogP contribution is 2.33. The lowest BCUT2D eigenvalue weighted by Gasteiger charge is -2.09. The van der Waals surface area contributed by atoms with E-state index in [1.54, 1.807) is 26.0 Å². The highest BCUT2D eigenvalue weighted by molar-refractivity contribution is 5.91. The molecule has 0 aliphatic heterocycles. The molecular weight excluding hydrogens is 413 g/mol. The van der Waals surface area contributed by atoms with Crippen LogP contribution in [-0.4, -0.2) is 5.97 Å². The van der Waals surface area contributed by atoms with Gasteiger partial charge >= 0.3 is 17.8 Å². The van der Waals surface area contributed by atoms with Crippen LogP contribution in [0, 0.1) is 13.8 Å².